The molecule has 2 fully saturated rings. The van der Waals surface area contributed by atoms with Crippen LogP contribution < -0.4 is 0 Å². The molecule has 88 valence electrons. The van der Waals surface area contributed by atoms with Gasteiger partial charge in [0.1, 0.15) is 0 Å². The SMILES string of the molecule is C1COC(CCN2CCCSCC2)OC1. The first kappa shape index (κ1) is 11.7. The minimum absolute atomic E-state index is 0.0645. The van der Waals surface area contributed by atoms with Gasteiger partial charge in [-0.3, -0.25) is 0 Å². The van der Waals surface area contributed by atoms with Gasteiger partial charge in [-0.2, -0.15) is 11.8 Å². The smallest absolute Gasteiger partial charge is 0.158 e. The summed E-state index contributed by atoms with van der Waals surface area (Å²) in [6.07, 6.45) is 3.48. The van der Waals surface area contributed by atoms with Gasteiger partial charge in [-0.05, 0) is 25.1 Å². The zero-order valence-corrected chi connectivity index (χ0v) is 10.1. The highest BCUT2D eigenvalue weighted by molar-refractivity contribution is 7.99. The first-order chi connectivity index (χ1) is 7.45. The quantitative estimate of drug-likeness (QED) is 0.735. The lowest BCUT2D eigenvalue weighted by molar-refractivity contribution is -0.182. The molecule has 0 spiro atoms. The lowest BCUT2D eigenvalue weighted by Gasteiger charge is -2.26. The maximum atomic E-state index is 5.55. The van der Waals surface area contributed by atoms with Gasteiger partial charge >= 0.3 is 0 Å². The molecule has 0 amide bonds. The van der Waals surface area contributed by atoms with Crippen molar-refractivity contribution in [2.24, 2.45) is 0 Å². The zero-order valence-electron chi connectivity index (χ0n) is 9.32. The summed E-state index contributed by atoms with van der Waals surface area (Å²) in [6.45, 7) is 5.36. The fraction of sp³-hybridized carbons (Fsp3) is 1.00. The molecule has 0 aliphatic carbocycles. The molecule has 2 aliphatic rings. The molecule has 0 atom stereocenters. The van der Waals surface area contributed by atoms with E-state index < -0.39 is 0 Å². The summed E-state index contributed by atoms with van der Waals surface area (Å²) in [4.78, 5) is 2.54. The summed E-state index contributed by atoms with van der Waals surface area (Å²) >= 11 is 2.08. The van der Waals surface area contributed by atoms with E-state index in [-0.39, 0.29) is 6.29 Å². The van der Waals surface area contributed by atoms with Gasteiger partial charge in [0, 0.05) is 25.3 Å². The summed E-state index contributed by atoms with van der Waals surface area (Å²) < 4.78 is 11.1. The second-order valence-electron chi connectivity index (χ2n) is 4.12. The van der Waals surface area contributed by atoms with E-state index in [0.29, 0.717) is 0 Å². The molecule has 3 nitrogen and oxygen atoms in total. The molecule has 0 aromatic heterocycles. The van der Waals surface area contributed by atoms with Crippen molar-refractivity contribution in [2.45, 2.75) is 25.6 Å². The van der Waals surface area contributed by atoms with Gasteiger partial charge in [-0.15, -0.1) is 0 Å². The lowest BCUT2D eigenvalue weighted by atomic mass is 10.3. The molecule has 2 aliphatic heterocycles. The molecule has 0 unspecified atom stereocenters. The Hall–Kier alpha value is 0.230. The van der Waals surface area contributed by atoms with Crippen molar-refractivity contribution in [1.82, 2.24) is 4.90 Å². The van der Waals surface area contributed by atoms with E-state index in [1.54, 1.807) is 0 Å². The number of rotatable bonds is 3. The third-order valence-electron chi connectivity index (χ3n) is 2.89. The minimum Gasteiger partial charge on any atom is -0.353 e. The van der Waals surface area contributed by atoms with Crippen molar-refractivity contribution in [3.63, 3.8) is 0 Å². The summed E-state index contributed by atoms with van der Waals surface area (Å²) in [5.41, 5.74) is 0. The lowest BCUT2D eigenvalue weighted by Crippen LogP contribution is -2.33. The first-order valence-corrected chi connectivity index (χ1v) is 7.14. The first-order valence-electron chi connectivity index (χ1n) is 5.98. The molecule has 2 saturated heterocycles. The van der Waals surface area contributed by atoms with E-state index in [1.165, 1.54) is 31.0 Å². The monoisotopic (exact) mass is 231 g/mol. The Labute approximate surface area is 96.5 Å². The second-order valence-corrected chi connectivity index (χ2v) is 5.35. The van der Waals surface area contributed by atoms with Crippen molar-refractivity contribution in [1.29, 1.82) is 0 Å². The number of hydrogen-bond donors (Lipinski definition) is 0. The van der Waals surface area contributed by atoms with Crippen LogP contribution in [0.4, 0.5) is 0 Å². The standard InChI is InChI=1S/C11H21NO2S/c1-4-12(6-10-15-9-1)5-3-11-13-7-2-8-14-11/h11H,1-10H2. The Morgan fingerprint density at radius 3 is 2.80 bits per heavy atom. The maximum Gasteiger partial charge on any atom is 0.158 e. The Morgan fingerprint density at radius 2 is 1.93 bits per heavy atom. The van der Waals surface area contributed by atoms with Crippen molar-refractivity contribution < 1.29 is 9.47 Å². The van der Waals surface area contributed by atoms with Gasteiger partial charge in [0.05, 0.1) is 13.2 Å². The Balaban J connectivity index is 1.62. The molecule has 0 radical (unpaired) electrons. The van der Waals surface area contributed by atoms with Gasteiger partial charge in [-0.25, -0.2) is 0 Å². The van der Waals surface area contributed by atoms with E-state index >= 15 is 0 Å². The van der Waals surface area contributed by atoms with Crippen LogP contribution in [-0.4, -0.2) is 55.5 Å². The molecule has 2 heterocycles. The van der Waals surface area contributed by atoms with Crippen molar-refractivity contribution in [3.05, 3.63) is 0 Å². The van der Waals surface area contributed by atoms with E-state index in [4.69, 9.17) is 9.47 Å². The molecule has 15 heavy (non-hydrogen) atoms. The highest BCUT2D eigenvalue weighted by Gasteiger charge is 2.16. The summed E-state index contributed by atoms with van der Waals surface area (Å²) in [5.74, 6) is 2.61. The van der Waals surface area contributed by atoms with Gasteiger partial charge in [0.2, 0.25) is 0 Å². The highest BCUT2D eigenvalue weighted by atomic mass is 32.2. The van der Waals surface area contributed by atoms with Gasteiger partial charge in [0.25, 0.3) is 0 Å². The number of hydrogen-bond acceptors (Lipinski definition) is 4. The maximum absolute atomic E-state index is 5.55. The van der Waals surface area contributed by atoms with Crippen LogP contribution in [0.5, 0.6) is 0 Å². The summed E-state index contributed by atoms with van der Waals surface area (Å²) in [6, 6.07) is 0. The van der Waals surface area contributed by atoms with Gasteiger partial charge in [-0.1, -0.05) is 0 Å². The predicted octanol–water partition coefficient (Wildman–Crippen LogP) is 1.58. The molecule has 4 heteroatoms. The average molecular weight is 231 g/mol. The van der Waals surface area contributed by atoms with Crippen LogP contribution in [0.2, 0.25) is 0 Å². The fourth-order valence-corrected chi connectivity index (χ4v) is 2.94. The Bertz CT molecular complexity index is 166. The van der Waals surface area contributed by atoms with Crippen molar-refractivity contribution in [2.75, 3.05) is 44.4 Å². The van der Waals surface area contributed by atoms with E-state index in [2.05, 4.69) is 16.7 Å². The summed E-state index contributed by atoms with van der Waals surface area (Å²) in [7, 11) is 0. The molecule has 0 saturated carbocycles. The molecular formula is C11H21NO2S. The third-order valence-corrected chi connectivity index (χ3v) is 3.94. The molecule has 0 aromatic rings. The van der Waals surface area contributed by atoms with Gasteiger partial charge in [0.15, 0.2) is 6.29 Å². The van der Waals surface area contributed by atoms with Crippen LogP contribution >= 0.6 is 11.8 Å². The molecule has 0 bridgehead atoms. The molecular weight excluding hydrogens is 210 g/mol. The van der Waals surface area contributed by atoms with Crippen LogP contribution in [-0.2, 0) is 9.47 Å². The fourth-order valence-electron chi connectivity index (χ4n) is 2.01. The van der Waals surface area contributed by atoms with Crippen LogP contribution in [0.25, 0.3) is 0 Å². The largest absolute Gasteiger partial charge is 0.353 e. The number of ether oxygens (including phenoxy) is 2. The second kappa shape index (κ2) is 6.74. The number of nitrogens with zero attached hydrogens (tertiary/aromatic N) is 1. The molecule has 0 aromatic carbocycles. The highest BCUT2D eigenvalue weighted by Crippen LogP contribution is 2.13. The predicted molar refractivity (Wildman–Crippen MR) is 63.3 cm³/mol. The van der Waals surface area contributed by atoms with E-state index in [0.717, 1.165) is 32.6 Å². The van der Waals surface area contributed by atoms with Crippen molar-refractivity contribution >= 4 is 11.8 Å². The van der Waals surface area contributed by atoms with Crippen molar-refractivity contribution in [3.8, 4) is 0 Å². The normalized spacial score (nSPS) is 26.4. The minimum atomic E-state index is 0.0645. The Kier molecular flexibility index (Phi) is 5.26. The molecule has 0 N–H and O–H groups in total. The van der Waals surface area contributed by atoms with E-state index in [9.17, 15) is 0 Å². The zero-order chi connectivity index (χ0) is 10.3. The third kappa shape index (κ3) is 4.31. The number of thioether (sulfide) groups is 1. The van der Waals surface area contributed by atoms with Crippen LogP contribution in [0, 0.1) is 0 Å². The topological polar surface area (TPSA) is 21.7 Å². The Morgan fingerprint density at radius 1 is 1.07 bits per heavy atom. The molecule has 2 rings (SSSR count). The average Bonchev–Trinajstić information content (AvgIpc) is 2.56. The summed E-state index contributed by atoms with van der Waals surface area (Å²) in [5, 5.41) is 0. The van der Waals surface area contributed by atoms with Gasteiger partial charge < -0.3 is 14.4 Å². The van der Waals surface area contributed by atoms with Crippen LogP contribution in [0.15, 0.2) is 0 Å². The van der Waals surface area contributed by atoms with Crippen LogP contribution in [0.1, 0.15) is 19.3 Å². The van der Waals surface area contributed by atoms with Crippen LogP contribution in [0.3, 0.4) is 0 Å². The van der Waals surface area contributed by atoms with E-state index in [1.807, 2.05) is 0 Å².